The Bertz CT molecular complexity index is 1480. The largest absolute Gasteiger partial charge is 0.366 e. The smallest absolute Gasteiger partial charge is 0.270 e. The first-order valence-corrected chi connectivity index (χ1v) is 12.3. The predicted molar refractivity (Wildman–Crippen MR) is 138 cm³/mol. The fourth-order valence-corrected chi connectivity index (χ4v) is 5.20. The minimum atomic E-state index is -0.359. The molecule has 6 nitrogen and oxygen atoms in total. The van der Waals surface area contributed by atoms with Gasteiger partial charge in [0.15, 0.2) is 0 Å². The molecule has 4 aromatic rings. The molecule has 1 fully saturated rings. The third kappa shape index (κ3) is 4.38. The first-order chi connectivity index (χ1) is 17.4. The second-order valence-corrected chi connectivity index (χ2v) is 9.54. The molecule has 182 valence electrons. The fraction of sp³-hybridized carbons (Fsp3) is 0.222. The Morgan fingerprint density at radius 1 is 0.917 bits per heavy atom. The molecule has 0 N–H and O–H groups in total. The van der Waals surface area contributed by atoms with Crippen LogP contribution < -0.4 is 10.5 Å². The summed E-state index contributed by atoms with van der Waals surface area (Å²) in [4.78, 5) is 21.8. The van der Waals surface area contributed by atoms with Crippen molar-refractivity contribution in [1.29, 1.82) is 5.26 Å². The van der Waals surface area contributed by atoms with E-state index in [9.17, 15) is 18.8 Å². The van der Waals surface area contributed by atoms with Crippen LogP contribution in [-0.2, 0) is 7.05 Å². The van der Waals surface area contributed by atoms with Crippen LogP contribution in [0.25, 0.3) is 11.0 Å². The number of rotatable bonds is 4. The van der Waals surface area contributed by atoms with Crippen molar-refractivity contribution in [3.8, 4) is 6.07 Å². The zero-order chi connectivity index (χ0) is 25.4. The van der Waals surface area contributed by atoms with Gasteiger partial charge in [-0.25, -0.2) is 13.8 Å². The quantitative estimate of drug-likeness (QED) is 0.343. The molecule has 0 radical (unpaired) electrons. The third-order valence-electron chi connectivity index (χ3n) is 6.66. The van der Waals surface area contributed by atoms with Gasteiger partial charge in [0.2, 0.25) is 0 Å². The van der Waals surface area contributed by atoms with E-state index >= 15 is 0 Å². The van der Waals surface area contributed by atoms with E-state index in [4.69, 9.17) is 0 Å². The normalized spacial score (nSPS) is 14.4. The maximum Gasteiger partial charge on any atom is 0.270 e. The van der Waals surface area contributed by atoms with Crippen molar-refractivity contribution in [3.05, 3.63) is 104 Å². The molecule has 0 aliphatic carbocycles. The molecule has 1 saturated heterocycles. The average molecular weight is 550 g/mol. The summed E-state index contributed by atoms with van der Waals surface area (Å²) in [5.74, 6) is -0.636. The maximum atomic E-state index is 13.6. The molecule has 1 aliphatic rings. The number of fused-ring (bicyclic) bond motifs is 1. The standard InChI is InChI=1S/C27H22BrF2N5O/c1-33-22-10-11-23(28)32-24(22)26(21(16-31)27(33)36)35-14-12-34(13-15-35)25(17-2-6-19(29)7-3-17)18-4-8-20(30)9-5-18/h2-11,25H,12-15H2,1H3. The molecule has 9 heteroatoms. The summed E-state index contributed by atoms with van der Waals surface area (Å²) >= 11 is 3.41. The molecule has 3 heterocycles. The molecular weight excluding hydrogens is 528 g/mol. The van der Waals surface area contributed by atoms with Gasteiger partial charge < -0.3 is 9.47 Å². The summed E-state index contributed by atoms with van der Waals surface area (Å²) < 4.78 is 29.4. The lowest BCUT2D eigenvalue weighted by molar-refractivity contribution is 0.212. The van der Waals surface area contributed by atoms with Gasteiger partial charge in [-0.05, 0) is 63.5 Å². The molecular formula is C27H22BrF2N5O. The second-order valence-electron chi connectivity index (χ2n) is 8.73. The van der Waals surface area contributed by atoms with Crippen molar-refractivity contribution in [3.63, 3.8) is 0 Å². The number of anilines is 1. The van der Waals surface area contributed by atoms with Crippen LogP contribution in [0.5, 0.6) is 0 Å². The monoisotopic (exact) mass is 549 g/mol. The van der Waals surface area contributed by atoms with Gasteiger partial charge in [0, 0.05) is 33.2 Å². The molecule has 0 saturated carbocycles. The van der Waals surface area contributed by atoms with Gasteiger partial charge in [-0.1, -0.05) is 24.3 Å². The molecule has 2 aromatic carbocycles. The molecule has 5 rings (SSSR count). The van der Waals surface area contributed by atoms with Crippen LogP contribution in [0.3, 0.4) is 0 Å². The number of aromatic nitrogens is 2. The van der Waals surface area contributed by atoms with Gasteiger partial charge in [0.05, 0.1) is 17.2 Å². The number of halogens is 3. The van der Waals surface area contributed by atoms with Crippen LogP contribution in [-0.4, -0.2) is 40.6 Å². The van der Waals surface area contributed by atoms with E-state index < -0.39 is 0 Å². The molecule has 0 amide bonds. The van der Waals surface area contributed by atoms with E-state index in [1.54, 1.807) is 37.4 Å². The maximum absolute atomic E-state index is 13.6. The van der Waals surface area contributed by atoms with Gasteiger partial charge in [-0.2, -0.15) is 5.26 Å². The molecule has 0 bridgehead atoms. The number of hydrogen-bond acceptors (Lipinski definition) is 5. The van der Waals surface area contributed by atoms with Crippen LogP contribution >= 0.6 is 15.9 Å². The number of nitrogens with zero attached hydrogens (tertiary/aromatic N) is 5. The lowest BCUT2D eigenvalue weighted by Gasteiger charge is -2.41. The first-order valence-electron chi connectivity index (χ1n) is 11.5. The Labute approximate surface area is 215 Å². The number of aryl methyl sites for hydroxylation is 1. The second kappa shape index (κ2) is 9.80. The molecule has 0 atom stereocenters. The Kier molecular flexibility index (Phi) is 6.56. The van der Waals surface area contributed by atoms with E-state index in [0.29, 0.717) is 47.5 Å². The highest BCUT2D eigenvalue weighted by Crippen LogP contribution is 2.33. The Balaban J connectivity index is 1.51. The van der Waals surface area contributed by atoms with E-state index in [1.807, 2.05) is 11.0 Å². The summed E-state index contributed by atoms with van der Waals surface area (Å²) in [5, 5.41) is 9.86. The highest BCUT2D eigenvalue weighted by Gasteiger charge is 2.30. The van der Waals surface area contributed by atoms with Crippen molar-refractivity contribution < 1.29 is 8.78 Å². The average Bonchev–Trinajstić information content (AvgIpc) is 2.89. The van der Waals surface area contributed by atoms with Crippen molar-refractivity contribution >= 4 is 32.7 Å². The molecule has 0 unspecified atom stereocenters. The fourth-order valence-electron chi connectivity index (χ4n) is 4.89. The topological polar surface area (TPSA) is 65.2 Å². The number of pyridine rings is 2. The van der Waals surface area contributed by atoms with Crippen LogP contribution in [0.1, 0.15) is 22.7 Å². The number of benzene rings is 2. The lowest BCUT2D eigenvalue weighted by Crippen LogP contribution is -2.48. The van der Waals surface area contributed by atoms with Crippen molar-refractivity contribution in [2.45, 2.75) is 6.04 Å². The number of piperazine rings is 1. The van der Waals surface area contributed by atoms with Crippen LogP contribution in [0.2, 0.25) is 0 Å². The summed E-state index contributed by atoms with van der Waals surface area (Å²) in [6.45, 7) is 2.30. The lowest BCUT2D eigenvalue weighted by atomic mass is 9.96. The highest BCUT2D eigenvalue weighted by molar-refractivity contribution is 9.10. The molecule has 36 heavy (non-hydrogen) atoms. The zero-order valence-corrected chi connectivity index (χ0v) is 21.0. The Morgan fingerprint density at radius 2 is 1.47 bits per heavy atom. The van der Waals surface area contributed by atoms with E-state index in [1.165, 1.54) is 28.8 Å². The van der Waals surface area contributed by atoms with Gasteiger partial charge in [-0.15, -0.1) is 0 Å². The van der Waals surface area contributed by atoms with E-state index in [0.717, 1.165) is 11.1 Å². The molecule has 0 spiro atoms. The summed E-state index contributed by atoms with van der Waals surface area (Å²) in [5.41, 5.74) is 3.29. The SMILES string of the molecule is Cn1c(=O)c(C#N)c(N2CCN(C(c3ccc(F)cc3)c3ccc(F)cc3)CC2)c2nc(Br)ccc21. The summed E-state index contributed by atoms with van der Waals surface area (Å²) in [6, 6.07) is 18.2. The molecule has 2 aromatic heterocycles. The van der Waals surface area contributed by atoms with Gasteiger partial charge in [-0.3, -0.25) is 9.69 Å². The molecule has 1 aliphatic heterocycles. The summed E-state index contributed by atoms with van der Waals surface area (Å²) in [6.07, 6.45) is 0. The van der Waals surface area contributed by atoms with Gasteiger partial charge in [0.1, 0.15) is 33.4 Å². The minimum absolute atomic E-state index is 0.0673. The Hall–Kier alpha value is -3.61. The van der Waals surface area contributed by atoms with Crippen LogP contribution in [0.15, 0.2) is 70.1 Å². The first kappa shape index (κ1) is 24.1. The highest BCUT2D eigenvalue weighted by atomic mass is 79.9. The zero-order valence-electron chi connectivity index (χ0n) is 19.5. The number of hydrogen-bond donors (Lipinski definition) is 0. The predicted octanol–water partition coefficient (Wildman–Crippen LogP) is 4.76. The van der Waals surface area contributed by atoms with Crippen molar-refractivity contribution in [1.82, 2.24) is 14.5 Å². The third-order valence-corrected chi connectivity index (χ3v) is 7.10. The van der Waals surface area contributed by atoms with E-state index in [2.05, 4.69) is 31.9 Å². The van der Waals surface area contributed by atoms with Gasteiger partial charge in [0.25, 0.3) is 5.56 Å². The Morgan fingerprint density at radius 3 is 2.00 bits per heavy atom. The summed E-state index contributed by atoms with van der Waals surface area (Å²) in [7, 11) is 1.64. The number of nitriles is 1. The van der Waals surface area contributed by atoms with E-state index in [-0.39, 0.29) is 28.8 Å². The van der Waals surface area contributed by atoms with Gasteiger partial charge >= 0.3 is 0 Å². The minimum Gasteiger partial charge on any atom is -0.366 e. The van der Waals surface area contributed by atoms with Crippen molar-refractivity contribution in [2.24, 2.45) is 7.05 Å². The van der Waals surface area contributed by atoms with Crippen LogP contribution in [0, 0.1) is 23.0 Å². The van der Waals surface area contributed by atoms with Crippen molar-refractivity contribution in [2.75, 3.05) is 31.1 Å². The van der Waals surface area contributed by atoms with Crippen LogP contribution in [0.4, 0.5) is 14.5 Å².